The second kappa shape index (κ2) is 4.70. The maximum Gasteiger partial charge on any atom is 0.147 e. The summed E-state index contributed by atoms with van der Waals surface area (Å²) in [5, 5.41) is 3.06. The highest BCUT2D eigenvalue weighted by atomic mass is 19.1. The Balaban J connectivity index is 2.03. The van der Waals surface area contributed by atoms with Crippen molar-refractivity contribution in [3.8, 4) is 0 Å². The lowest BCUT2D eigenvalue weighted by molar-refractivity contribution is 0.619. The van der Waals surface area contributed by atoms with E-state index in [1.807, 2.05) is 6.07 Å². The van der Waals surface area contributed by atoms with Crippen molar-refractivity contribution in [1.82, 2.24) is 9.97 Å². The summed E-state index contributed by atoms with van der Waals surface area (Å²) in [6.45, 7) is 2.22. The van der Waals surface area contributed by atoms with E-state index in [0.717, 1.165) is 5.69 Å². The van der Waals surface area contributed by atoms with Crippen LogP contribution >= 0.6 is 0 Å². The molecule has 2 aromatic rings. The molecule has 1 N–H and O–H groups in total. The van der Waals surface area contributed by atoms with Gasteiger partial charge >= 0.3 is 0 Å². The molecule has 0 aliphatic carbocycles. The summed E-state index contributed by atoms with van der Waals surface area (Å²) in [7, 11) is 0. The zero-order valence-corrected chi connectivity index (χ0v) is 8.94. The van der Waals surface area contributed by atoms with Gasteiger partial charge in [-0.2, -0.15) is 0 Å². The molecule has 1 aromatic heterocycles. The standard InChI is InChI=1S/C12H12FN3/c1-9-3-4-10(7-11(9)13)16-8-12-14-5-2-6-15-12/h2-7,16H,8H2,1H3. The number of benzene rings is 1. The Morgan fingerprint density at radius 2 is 2.00 bits per heavy atom. The number of aryl methyl sites for hydroxylation is 1. The average molecular weight is 217 g/mol. The molecule has 0 fully saturated rings. The number of hydrogen-bond acceptors (Lipinski definition) is 3. The van der Waals surface area contributed by atoms with Gasteiger partial charge in [-0.05, 0) is 30.7 Å². The molecular formula is C12H12FN3. The molecular weight excluding hydrogens is 205 g/mol. The third-order valence-electron chi connectivity index (χ3n) is 2.24. The maximum absolute atomic E-state index is 13.2. The van der Waals surface area contributed by atoms with Gasteiger partial charge in [0.25, 0.3) is 0 Å². The number of nitrogens with zero attached hydrogens (tertiary/aromatic N) is 2. The Kier molecular flexibility index (Phi) is 3.10. The first kappa shape index (κ1) is 10.5. The molecule has 0 spiro atoms. The highest BCUT2D eigenvalue weighted by molar-refractivity contribution is 5.45. The highest BCUT2D eigenvalue weighted by Gasteiger charge is 1.99. The molecule has 16 heavy (non-hydrogen) atoms. The van der Waals surface area contributed by atoms with Crippen molar-refractivity contribution < 1.29 is 4.39 Å². The van der Waals surface area contributed by atoms with Crippen LogP contribution in [-0.2, 0) is 6.54 Å². The van der Waals surface area contributed by atoms with E-state index in [4.69, 9.17) is 0 Å². The Morgan fingerprint density at radius 1 is 1.25 bits per heavy atom. The van der Waals surface area contributed by atoms with Crippen LogP contribution < -0.4 is 5.32 Å². The monoisotopic (exact) mass is 217 g/mol. The van der Waals surface area contributed by atoms with Crippen LogP contribution in [0, 0.1) is 12.7 Å². The molecule has 0 saturated carbocycles. The van der Waals surface area contributed by atoms with Crippen molar-refractivity contribution in [3.63, 3.8) is 0 Å². The van der Waals surface area contributed by atoms with Gasteiger partial charge in [0.15, 0.2) is 0 Å². The third kappa shape index (κ3) is 2.53. The van der Waals surface area contributed by atoms with Crippen molar-refractivity contribution in [2.75, 3.05) is 5.32 Å². The van der Waals surface area contributed by atoms with E-state index in [9.17, 15) is 4.39 Å². The van der Waals surface area contributed by atoms with Crippen LogP contribution in [0.4, 0.5) is 10.1 Å². The van der Waals surface area contributed by atoms with Gasteiger partial charge in [-0.15, -0.1) is 0 Å². The van der Waals surface area contributed by atoms with Crippen LogP contribution in [0.1, 0.15) is 11.4 Å². The fraction of sp³-hybridized carbons (Fsp3) is 0.167. The molecule has 0 unspecified atom stereocenters. The van der Waals surface area contributed by atoms with E-state index in [1.165, 1.54) is 6.07 Å². The lowest BCUT2D eigenvalue weighted by Gasteiger charge is -2.06. The average Bonchev–Trinajstić information content (AvgIpc) is 2.32. The summed E-state index contributed by atoms with van der Waals surface area (Å²) < 4.78 is 13.2. The van der Waals surface area contributed by atoms with Gasteiger partial charge in [0.1, 0.15) is 11.6 Å². The minimum atomic E-state index is -0.209. The van der Waals surface area contributed by atoms with E-state index in [2.05, 4.69) is 15.3 Å². The van der Waals surface area contributed by atoms with Crippen LogP contribution in [0.15, 0.2) is 36.7 Å². The molecule has 82 valence electrons. The topological polar surface area (TPSA) is 37.8 Å². The van der Waals surface area contributed by atoms with Crippen molar-refractivity contribution in [2.45, 2.75) is 13.5 Å². The van der Waals surface area contributed by atoms with Crippen molar-refractivity contribution in [1.29, 1.82) is 0 Å². The van der Waals surface area contributed by atoms with Crippen LogP contribution in [0.25, 0.3) is 0 Å². The highest BCUT2D eigenvalue weighted by Crippen LogP contribution is 2.13. The predicted molar refractivity (Wildman–Crippen MR) is 60.5 cm³/mol. The Bertz CT molecular complexity index is 471. The minimum absolute atomic E-state index is 0.209. The van der Waals surface area contributed by atoms with Gasteiger partial charge in [-0.3, -0.25) is 0 Å². The van der Waals surface area contributed by atoms with Crippen LogP contribution in [0.3, 0.4) is 0 Å². The lowest BCUT2D eigenvalue weighted by atomic mass is 10.2. The fourth-order valence-corrected chi connectivity index (χ4v) is 1.31. The number of halogens is 1. The van der Waals surface area contributed by atoms with Gasteiger partial charge in [0.05, 0.1) is 6.54 Å². The van der Waals surface area contributed by atoms with Crippen molar-refractivity contribution in [2.24, 2.45) is 0 Å². The van der Waals surface area contributed by atoms with Gasteiger partial charge in [-0.25, -0.2) is 14.4 Å². The predicted octanol–water partition coefficient (Wildman–Crippen LogP) is 2.54. The normalized spacial score (nSPS) is 10.1. The summed E-state index contributed by atoms with van der Waals surface area (Å²) in [5.74, 6) is 0.475. The van der Waals surface area contributed by atoms with E-state index >= 15 is 0 Å². The van der Waals surface area contributed by atoms with E-state index in [-0.39, 0.29) is 5.82 Å². The fourth-order valence-electron chi connectivity index (χ4n) is 1.31. The largest absolute Gasteiger partial charge is 0.378 e. The first-order valence-electron chi connectivity index (χ1n) is 5.01. The maximum atomic E-state index is 13.2. The van der Waals surface area contributed by atoms with Crippen LogP contribution in [-0.4, -0.2) is 9.97 Å². The molecule has 0 aliphatic rings. The second-order valence-electron chi connectivity index (χ2n) is 3.48. The number of aromatic nitrogens is 2. The second-order valence-corrected chi connectivity index (χ2v) is 3.48. The van der Waals surface area contributed by atoms with E-state index in [1.54, 1.807) is 31.5 Å². The summed E-state index contributed by atoms with van der Waals surface area (Å²) in [6.07, 6.45) is 3.36. The molecule has 0 aliphatic heterocycles. The molecule has 0 atom stereocenters. The summed E-state index contributed by atoms with van der Waals surface area (Å²) >= 11 is 0. The Labute approximate surface area is 93.4 Å². The van der Waals surface area contributed by atoms with Gasteiger partial charge < -0.3 is 5.32 Å². The van der Waals surface area contributed by atoms with Crippen LogP contribution in [0.5, 0.6) is 0 Å². The molecule has 1 heterocycles. The quantitative estimate of drug-likeness (QED) is 0.858. The zero-order chi connectivity index (χ0) is 11.4. The molecule has 1 aromatic carbocycles. The molecule has 0 saturated heterocycles. The Hall–Kier alpha value is -1.97. The van der Waals surface area contributed by atoms with Gasteiger partial charge in [0, 0.05) is 18.1 Å². The number of rotatable bonds is 3. The summed E-state index contributed by atoms with van der Waals surface area (Å²) in [5.41, 5.74) is 1.37. The Morgan fingerprint density at radius 3 is 2.69 bits per heavy atom. The first-order chi connectivity index (χ1) is 7.75. The number of hydrogen-bond donors (Lipinski definition) is 1. The van der Waals surface area contributed by atoms with Crippen molar-refractivity contribution >= 4 is 5.69 Å². The lowest BCUT2D eigenvalue weighted by Crippen LogP contribution is -2.03. The van der Waals surface area contributed by atoms with E-state index in [0.29, 0.717) is 17.9 Å². The van der Waals surface area contributed by atoms with E-state index < -0.39 is 0 Å². The molecule has 0 amide bonds. The number of anilines is 1. The summed E-state index contributed by atoms with van der Waals surface area (Å²) in [4.78, 5) is 8.13. The molecule has 3 nitrogen and oxygen atoms in total. The van der Waals surface area contributed by atoms with Crippen LogP contribution in [0.2, 0.25) is 0 Å². The molecule has 0 radical (unpaired) electrons. The van der Waals surface area contributed by atoms with Gasteiger partial charge in [0.2, 0.25) is 0 Å². The smallest absolute Gasteiger partial charge is 0.147 e. The molecule has 2 rings (SSSR count). The zero-order valence-electron chi connectivity index (χ0n) is 8.94. The molecule has 0 bridgehead atoms. The SMILES string of the molecule is Cc1ccc(NCc2ncccn2)cc1F. The number of nitrogens with one attached hydrogen (secondary N) is 1. The third-order valence-corrected chi connectivity index (χ3v) is 2.24. The van der Waals surface area contributed by atoms with Gasteiger partial charge in [-0.1, -0.05) is 6.07 Å². The molecule has 4 heteroatoms. The first-order valence-corrected chi connectivity index (χ1v) is 5.01. The summed E-state index contributed by atoms with van der Waals surface area (Å²) in [6, 6.07) is 6.80. The van der Waals surface area contributed by atoms with Crippen molar-refractivity contribution in [3.05, 3.63) is 53.9 Å². The minimum Gasteiger partial charge on any atom is -0.378 e.